The van der Waals surface area contributed by atoms with Crippen molar-refractivity contribution in [2.24, 2.45) is 15.7 Å². The maximum Gasteiger partial charge on any atom is 0.341 e. The second-order valence-electron chi connectivity index (χ2n) is 8.74. The molecule has 0 bridgehead atoms. The summed E-state index contributed by atoms with van der Waals surface area (Å²) in [6, 6.07) is 14.6. The van der Waals surface area contributed by atoms with Crippen molar-refractivity contribution in [3.8, 4) is 5.75 Å². The minimum absolute atomic E-state index is 0.0972. The van der Waals surface area contributed by atoms with Gasteiger partial charge in [0.15, 0.2) is 0 Å². The Labute approximate surface area is 226 Å². The van der Waals surface area contributed by atoms with E-state index >= 15 is 0 Å². The van der Waals surface area contributed by atoms with Crippen molar-refractivity contribution in [3.63, 3.8) is 0 Å². The number of halogens is 2. The molecular weight excluding hydrogens is 519 g/mol. The van der Waals surface area contributed by atoms with E-state index in [0.717, 1.165) is 11.1 Å². The van der Waals surface area contributed by atoms with Crippen LogP contribution < -0.4 is 4.74 Å². The molecule has 2 aromatic rings. The number of alkyl halides is 2. The SMILES string of the molecule is COC=C(C(=O)OC)c1ccccc1CON=C(C)C(=NOC)c1ccc(OCC2(C)CC2(Cl)Cl)cc1. The van der Waals surface area contributed by atoms with Gasteiger partial charge in [-0.05, 0) is 43.2 Å². The van der Waals surface area contributed by atoms with Gasteiger partial charge in [0.25, 0.3) is 0 Å². The predicted octanol–water partition coefficient (Wildman–Crippen LogP) is 5.75. The number of esters is 1. The van der Waals surface area contributed by atoms with Crippen LogP contribution in [-0.4, -0.2) is 49.7 Å². The predicted molar refractivity (Wildman–Crippen MR) is 144 cm³/mol. The molecule has 0 aromatic heterocycles. The molecule has 8 nitrogen and oxygen atoms in total. The average molecular weight is 549 g/mol. The van der Waals surface area contributed by atoms with E-state index in [4.69, 9.17) is 47.1 Å². The summed E-state index contributed by atoms with van der Waals surface area (Å²) in [7, 11) is 4.23. The number of nitrogens with zero attached hydrogens (tertiary/aromatic N) is 2. The summed E-state index contributed by atoms with van der Waals surface area (Å²) in [4.78, 5) is 22.9. The number of methoxy groups -OCH3 is 2. The quantitative estimate of drug-likeness (QED) is 0.0837. The number of carbonyl (C=O) groups excluding carboxylic acids is 1. The fraction of sp³-hybridized carbons (Fsp3) is 0.370. The molecule has 0 heterocycles. The van der Waals surface area contributed by atoms with Crippen molar-refractivity contribution >= 4 is 46.2 Å². The number of hydrogen-bond acceptors (Lipinski definition) is 8. The molecule has 3 rings (SSSR count). The fourth-order valence-electron chi connectivity index (χ4n) is 3.57. The topological polar surface area (TPSA) is 87.9 Å². The summed E-state index contributed by atoms with van der Waals surface area (Å²) in [5, 5.41) is 8.33. The normalized spacial score (nSPS) is 19.2. The maximum atomic E-state index is 12.2. The van der Waals surface area contributed by atoms with Crippen LogP contribution in [0.2, 0.25) is 0 Å². The van der Waals surface area contributed by atoms with Gasteiger partial charge in [-0.1, -0.05) is 41.5 Å². The molecule has 10 heteroatoms. The van der Waals surface area contributed by atoms with E-state index < -0.39 is 10.3 Å². The second kappa shape index (κ2) is 12.3. The number of hydrogen-bond donors (Lipinski definition) is 0. The highest BCUT2D eigenvalue weighted by Crippen LogP contribution is 2.63. The van der Waals surface area contributed by atoms with Crippen LogP contribution in [0.15, 0.2) is 65.1 Å². The Hall–Kier alpha value is -3.23. The number of benzene rings is 2. The van der Waals surface area contributed by atoms with Crippen LogP contribution in [0.4, 0.5) is 0 Å². The lowest BCUT2D eigenvalue weighted by Crippen LogP contribution is -2.16. The molecular formula is C27H30Cl2N2O6. The first-order valence-electron chi connectivity index (χ1n) is 11.4. The Kier molecular flexibility index (Phi) is 9.45. The molecule has 1 saturated carbocycles. The minimum Gasteiger partial charge on any atom is -0.503 e. The minimum atomic E-state index is -0.736. The van der Waals surface area contributed by atoms with Crippen molar-refractivity contribution in [1.29, 1.82) is 0 Å². The average Bonchev–Trinajstić information content (AvgIpc) is 3.41. The molecule has 1 unspecified atom stereocenters. The molecule has 2 aromatic carbocycles. The van der Waals surface area contributed by atoms with Crippen LogP contribution in [0.3, 0.4) is 0 Å². The second-order valence-corrected chi connectivity index (χ2v) is 10.2. The zero-order valence-electron chi connectivity index (χ0n) is 21.4. The van der Waals surface area contributed by atoms with Crippen LogP contribution in [0, 0.1) is 5.41 Å². The number of carbonyl (C=O) groups is 1. The summed E-state index contributed by atoms with van der Waals surface area (Å²) in [6.07, 6.45) is 2.03. The van der Waals surface area contributed by atoms with E-state index in [1.165, 1.54) is 27.6 Å². The molecule has 0 N–H and O–H groups in total. The van der Waals surface area contributed by atoms with Crippen LogP contribution in [-0.2, 0) is 30.6 Å². The molecule has 198 valence electrons. The Morgan fingerprint density at radius 3 is 2.32 bits per heavy atom. The molecule has 1 atom stereocenters. The molecule has 0 aliphatic heterocycles. The lowest BCUT2D eigenvalue weighted by Gasteiger charge is -2.14. The van der Waals surface area contributed by atoms with E-state index in [0.29, 0.717) is 35.8 Å². The Morgan fingerprint density at radius 1 is 1.05 bits per heavy atom. The maximum absolute atomic E-state index is 12.2. The Balaban J connectivity index is 1.70. The van der Waals surface area contributed by atoms with Crippen molar-refractivity contribution in [2.45, 2.75) is 31.2 Å². The summed E-state index contributed by atoms with van der Waals surface area (Å²) >= 11 is 12.4. The molecule has 37 heavy (non-hydrogen) atoms. The van der Waals surface area contributed by atoms with E-state index in [9.17, 15) is 4.79 Å². The highest BCUT2D eigenvalue weighted by molar-refractivity contribution is 6.51. The van der Waals surface area contributed by atoms with Gasteiger partial charge in [0.1, 0.15) is 40.8 Å². The summed E-state index contributed by atoms with van der Waals surface area (Å²) in [6.45, 7) is 4.27. The van der Waals surface area contributed by atoms with Gasteiger partial charge in [-0.15, -0.1) is 23.2 Å². The first-order chi connectivity index (χ1) is 17.7. The van der Waals surface area contributed by atoms with Crippen molar-refractivity contribution < 1.29 is 28.7 Å². The highest BCUT2D eigenvalue weighted by atomic mass is 35.5. The monoisotopic (exact) mass is 548 g/mol. The van der Waals surface area contributed by atoms with Gasteiger partial charge in [-0.3, -0.25) is 0 Å². The summed E-state index contributed by atoms with van der Waals surface area (Å²) < 4.78 is 15.1. The zero-order chi connectivity index (χ0) is 27.1. The van der Waals surface area contributed by atoms with Crippen molar-refractivity contribution in [3.05, 3.63) is 71.5 Å². The van der Waals surface area contributed by atoms with E-state index in [2.05, 4.69) is 10.3 Å². The van der Waals surface area contributed by atoms with Crippen LogP contribution in [0.5, 0.6) is 5.75 Å². The molecule has 1 fully saturated rings. The molecule has 0 saturated heterocycles. The van der Waals surface area contributed by atoms with E-state index in [1.807, 2.05) is 49.4 Å². The van der Waals surface area contributed by atoms with Gasteiger partial charge >= 0.3 is 5.97 Å². The van der Waals surface area contributed by atoms with Gasteiger partial charge in [0.2, 0.25) is 0 Å². The van der Waals surface area contributed by atoms with Crippen molar-refractivity contribution in [2.75, 3.05) is 27.9 Å². The van der Waals surface area contributed by atoms with Crippen LogP contribution in [0.1, 0.15) is 37.0 Å². The third kappa shape index (κ3) is 6.96. The lowest BCUT2D eigenvalue weighted by molar-refractivity contribution is -0.133. The van der Waals surface area contributed by atoms with Crippen LogP contribution in [0.25, 0.3) is 5.57 Å². The summed E-state index contributed by atoms with van der Waals surface area (Å²) in [5.41, 5.74) is 3.10. The molecule has 0 radical (unpaired) electrons. The molecule has 0 spiro atoms. The van der Waals surface area contributed by atoms with E-state index in [1.54, 1.807) is 13.0 Å². The Bertz CT molecular complexity index is 1190. The van der Waals surface area contributed by atoms with E-state index in [-0.39, 0.29) is 17.6 Å². The number of oxime groups is 2. The third-order valence-electron chi connectivity index (χ3n) is 5.95. The Morgan fingerprint density at radius 2 is 1.73 bits per heavy atom. The zero-order valence-corrected chi connectivity index (χ0v) is 22.9. The first kappa shape index (κ1) is 28.3. The lowest BCUT2D eigenvalue weighted by atomic mass is 10.0. The standard InChI is InChI=1S/C27H30Cl2N2O6/c1-18(30-37-14-20-8-6-7-9-22(20)23(15-33-3)25(32)34-4)24(31-35-5)19-10-12-21(13-11-19)36-17-26(2)16-27(26,28)29/h6-13,15H,14,16-17H2,1-5H3. The number of rotatable bonds is 12. The first-order valence-corrected chi connectivity index (χ1v) is 12.2. The van der Waals surface area contributed by atoms with Gasteiger partial charge < -0.3 is 23.9 Å². The third-order valence-corrected chi connectivity index (χ3v) is 7.13. The highest BCUT2D eigenvalue weighted by Gasteiger charge is 2.63. The molecule has 1 aliphatic carbocycles. The molecule has 1 aliphatic rings. The van der Waals surface area contributed by atoms with Crippen LogP contribution >= 0.6 is 23.2 Å². The van der Waals surface area contributed by atoms with Gasteiger partial charge in [-0.2, -0.15) is 0 Å². The van der Waals surface area contributed by atoms with Crippen molar-refractivity contribution in [1.82, 2.24) is 0 Å². The fourth-order valence-corrected chi connectivity index (χ4v) is 4.27. The van der Waals surface area contributed by atoms with Gasteiger partial charge in [0.05, 0.1) is 27.1 Å². The van der Waals surface area contributed by atoms with Gasteiger partial charge in [-0.25, -0.2) is 4.79 Å². The smallest absolute Gasteiger partial charge is 0.341 e. The number of ether oxygens (including phenoxy) is 3. The van der Waals surface area contributed by atoms with Gasteiger partial charge in [0, 0.05) is 16.5 Å². The largest absolute Gasteiger partial charge is 0.503 e. The molecule has 0 amide bonds. The summed E-state index contributed by atoms with van der Waals surface area (Å²) in [5.74, 6) is 0.164.